The summed E-state index contributed by atoms with van der Waals surface area (Å²) in [5, 5.41) is 2.99. The molecule has 2 rings (SSSR count). The minimum Gasteiger partial charge on any atom is -0.353 e. The monoisotopic (exact) mass is 267 g/mol. The molecule has 0 unspecified atom stereocenters. The molecular weight excluding hydrogens is 254 g/mol. The molecule has 0 aliphatic heterocycles. The Kier molecular flexibility index (Phi) is 3.41. The molecule has 3 heteroatoms. The zero-order valence-corrected chi connectivity index (χ0v) is 10.1. The molecule has 1 fully saturated rings. The molecule has 1 amide bonds. The highest BCUT2D eigenvalue weighted by atomic mass is 79.9. The standard InChI is InChI=1S/C12H14BrNO/c13-10-4-1-9(2-5-10)3-8-12(15)14-11-6-7-11/h1-2,4-5,11H,3,6-8H2,(H,14,15). The van der Waals surface area contributed by atoms with E-state index >= 15 is 0 Å². The van der Waals surface area contributed by atoms with Crippen LogP contribution in [0.4, 0.5) is 0 Å². The zero-order chi connectivity index (χ0) is 10.7. The van der Waals surface area contributed by atoms with Crippen LogP contribution in [0.15, 0.2) is 28.7 Å². The highest BCUT2D eigenvalue weighted by Crippen LogP contribution is 2.19. The van der Waals surface area contributed by atoms with Crippen LogP contribution in [-0.4, -0.2) is 11.9 Å². The Bertz CT molecular complexity index is 343. The Morgan fingerprint density at radius 2 is 2.00 bits per heavy atom. The Balaban J connectivity index is 1.76. The van der Waals surface area contributed by atoms with Gasteiger partial charge in [0.15, 0.2) is 0 Å². The molecule has 0 aromatic heterocycles. The van der Waals surface area contributed by atoms with Gasteiger partial charge in [-0.1, -0.05) is 28.1 Å². The number of halogens is 1. The van der Waals surface area contributed by atoms with E-state index in [0.29, 0.717) is 12.5 Å². The maximum atomic E-state index is 11.4. The van der Waals surface area contributed by atoms with Crippen LogP contribution in [0.2, 0.25) is 0 Å². The van der Waals surface area contributed by atoms with E-state index in [4.69, 9.17) is 0 Å². The van der Waals surface area contributed by atoms with E-state index in [1.807, 2.05) is 12.1 Å². The van der Waals surface area contributed by atoms with E-state index in [1.54, 1.807) is 0 Å². The van der Waals surface area contributed by atoms with Gasteiger partial charge in [0.1, 0.15) is 0 Å². The summed E-state index contributed by atoms with van der Waals surface area (Å²) in [6.07, 6.45) is 3.73. The Morgan fingerprint density at radius 1 is 1.33 bits per heavy atom. The lowest BCUT2D eigenvalue weighted by atomic mass is 10.1. The predicted molar refractivity (Wildman–Crippen MR) is 63.6 cm³/mol. The van der Waals surface area contributed by atoms with Gasteiger partial charge in [0.25, 0.3) is 0 Å². The van der Waals surface area contributed by atoms with Gasteiger partial charge in [-0.15, -0.1) is 0 Å². The first-order valence-electron chi connectivity index (χ1n) is 5.28. The van der Waals surface area contributed by atoms with E-state index in [2.05, 4.69) is 33.4 Å². The molecule has 0 bridgehead atoms. The molecule has 0 heterocycles. The normalized spacial score (nSPS) is 15.0. The van der Waals surface area contributed by atoms with Gasteiger partial charge in [-0.05, 0) is 37.0 Å². The predicted octanol–water partition coefficient (Wildman–Crippen LogP) is 2.66. The number of rotatable bonds is 4. The molecule has 80 valence electrons. The molecule has 1 aromatic carbocycles. The van der Waals surface area contributed by atoms with Crippen LogP contribution in [0.3, 0.4) is 0 Å². The molecular formula is C12H14BrNO. The van der Waals surface area contributed by atoms with E-state index in [-0.39, 0.29) is 5.91 Å². The molecule has 0 radical (unpaired) electrons. The van der Waals surface area contributed by atoms with Crippen LogP contribution < -0.4 is 5.32 Å². The number of nitrogens with one attached hydrogen (secondary N) is 1. The van der Waals surface area contributed by atoms with Gasteiger partial charge in [-0.25, -0.2) is 0 Å². The van der Waals surface area contributed by atoms with E-state index < -0.39 is 0 Å². The fourth-order valence-corrected chi connectivity index (χ4v) is 1.70. The zero-order valence-electron chi connectivity index (χ0n) is 8.50. The molecule has 1 aliphatic rings. The van der Waals surface area contributed by atoms with Gasteiger partial charge in [-0.3, -0.25) is 4.79 Å². The number of hydrogen-bond acceptors (Lipinski definition) is 1. The van der Waals surface area contributed by atoms with Crippen molar-refractivity contribution in [2.75, 3.05) is 0 Å². The van der Waals surface area contributed by atoms with Gasteiger partial charge < -0.3 is 5.32 Å². The SMILES string of the molecule is O=C(CCc1ccc(Br)cc1)NC1CC1. The van der Waals surface area contributed by atoms with Gasteiger partial charge >= 0.3 is 0 Å². The number of amides is 1. The third kappa shape index (κ3) is 3.67. The molecule has 1 saturated carbocycles. The molecule has 1 aromatic rings. The summed E-state index contributed by atoms with van der Waals surface area (Å²) in [5.74, 6) is 0.181. The lowest BCUT2D eigenvalue weighted by Crippen LogP contribution is -2.25. The second-order valence-electron chi connectivity index (χ2n) is 3.97. The van der Waals surface area contributed by atoms with Crippen molar-refractivity contribution in [3.05, 3.63) is 34.3 Å². The van der Waals surface area contributed by atoms with Gasteiger partial charge in [0.05, 0.1) is 0 Å². The van der Waals surface area contributed by atoms with Crippen molar-refractivity contribution in [3.63, 3.8) is 0 Å². The van der Waals surface area contributed by atoms with E-state index in [9.17, 15) is 4.79 Å². The third-order valence-electron chi connectivity index (χ3n) is 2.50. The largest absolute Gasteiger partial charge is 0.353 e. The van der Waals surface area contributed by atoms with Crippen LogP contribution in [0.25, 0.3) is 0 Å². The molecule has 0 saturated heterocycles. The fourth-order valence-electron chi connectivity index (χ4n) is 1.44. The quantitative estimate of drug-likeness (QED) is 0.893. The van der Waals surface area contributed by atoms with Crippen LogP contribution in [0.5, 0.6) is 0 Å². The number of aryl methyl sites for hydroxylation is 1. The van der Waals surface area contributed by atoms with Crippen molar-refractivity contribution in [2.45, 2.75) is 31.7 Å². The number of hydrogen-bond donors (Lipinski definition) is 1. The molecule has 0 atom stereocenters. The van der Waals surface area contributed by atoms with Crippen molar-refractivity contribution in [3.8, 4) is 0 Å². The smallest absolute Gasteiger partial charge is 0.220 e. The Hall–Kier alpha value is -0.830. The number of benzene rings is 1. The summed E-state index contributed by atoms with van der Waals surface area (Å²) in [4.78, 5) is 11.4. The van der Waals surface area contributed by atoms with E-state index in [1.165, 1.54) is 5.56 Å². The average molecular weight is 268 g/mol. The lowest BCUT2D eigenvalue weighted by Gasteiger charge is -2.03. The van der Waals surface area contributed by atoms with Crippen molar-refractivity contribution < 1.29 is 4.79 Å². The first kappa shape index (κ1) is 10.7. The highest BCUT2D eigenvalue weighted by molar-refractivity contribution is 9.10. The summed E-state index contributed by atoms with van der Waals surface area (Å²) in [5.41, 5.74) is 1.21. The first-order valence-corrected chi connectivity index (χ1v) is 6.07. The first-order chi connectivity index (χ1) is 7.24. The molecule has 0 spiro atoms. The van der Waals surface area contributed by atoms with E-state index in [0.717, 1.165) is 23.7 Å². The second-order valence-corrected chi connectivity index (χ2v) is 4.88. The van der Waals surface area contributed by atoms with Gasteiger partial charge in [0.2, 0.25) is 5.91 Å². The summed E-state index contributed by atoms with van der Waals surface area (Å²) in [6.45, 7) is 0. The maximum Gasteiger partial charge on any atom is 0.220 e. The van der Waals surface area contributed by atoms with Crippen molar-refractivity contribution in [2.24, 2.45) is 0 Å². The Labute approximate surface area is 98.2 Å². The summed E-state index contributed by atoms with van der Waals surface area (Å²) in [7, 11) is 0. The molecule has 1 aliphatic carbocycles. The highest BCUT2D eigenvalue weighted by Gasteiger charge is 2.22. The molecule has 15 heavy (non-hydrogen) atoms. The Morgan fingerprint density at radius 3 is 2.60 bits per heavy atom. The van der Waals surface area contributed by atoms with Crippen molar-refractivity contribution in [1.29, 1.82) is 0 Å². The third-order valence-corrected chi connectivity index (χ3v) is 3.03. The minimum atomic E-state index is 0.181. The minimum absolute atomic E-state index is 0.181. The van der Waals surface area contributed by atoms with Crippen LogP contribution in [0, 0.1) is 0 Å². The lowest BCUT2D eigenvalue weighted by molar-refractivity contribution is -0.121. The van der Waals surface area contributed by atoms with Gasteiger partial charge in [0, 0.05) is 16.9 Å². The maximum absolute atomic E-state index is 11.4. The van der Waals surface area contributed by atoms with Crippen LogP contribution >= 0.6 is 15.9 Å². The summed E-state index contributed by atoms with van der Waals surface area (Å²) < 4.78 is 1.08. The van der Waals surface area contributed by atoms with Crippen LogP contribution in [0.1, 0.15) is 24.8 Å². The van der Waals surface area contributed by atoms with Crippen LogP contribution in [-0.2, 0) is 11.2 Å². The number of carbonyl (C=O) groups is 1. The molecule has 1 N–H and O–H groups in total. The van der Waals surface area contributed by atoms with Crippen molar-refractivity contribution in [1.82, 2.24) is 5.32 Å². The summed E-state index contributed by atoms with van der Waals surface area (Å²) in [6, 6.07) is 8.59. The summed E-state index contributed by atoms with van der Waals surface area (Å²) >= 11 is 3.39. The fraction of sp³-hybridized carbons (Fsp3) is 0.417. The molecule has 2 nitrogen and oxygen atoms in total. The number of carbonyl (C=O) groups excluding carboxylic acids is 1. The topological polar surface area (TPSA) is 29.1 Å². The second kappa shape index (κ2) is 4.79. The average Bonchev–Trinajstić information content (AvgIpc) is 3.01. The van der Waals surface area contributed by atoms with Crippen molar-refractivity contribution >= 4 is 21.8 Å². The van der Waals surface area contributed by atoms with Gasteiger partial charge in [-0.2, -0.15) is 0 Å².